The first-order valence-corrected chi connectivity index (χ1v) is 6.36. The molecule has 0 N–H and O–H groups in total. The number of nitrogens with zero attached hydrogens (tertiary/aromatic N) is 3. The van der Waals surface area contributed by atoms with Gasteiger partial charge in [-0.1, -0.05) is 18.2 Å². The number of benzene rings is 1. The van der Waals surface area contributed by atoms with Crippen molar-refractivity contribution in [1.82, 2.24) is 10.1 Å². The molecule has 0 amide bonds. The summed E-state index contributed by atoms with van der Waals surface area (Å²) in [4.78, 5) is 5.56. The normalized spacial score (nSPS) is 19.8. The second-order valence-electron chi connectivity index (χ2n) is 4.61. The molecule has 1 fully saturated rings. The zero-order chi connectivity index (χ0) is 14.9. The summed E-state index contributed by atoms with van der Waals surface area (Å²) < 4.78 is 47.9. The molecule has 112 valence electrons. The molecule has 21 heavy (non-hydrogen) atoms. The SMILES string of the molecule is FC(F)(F)[C@@H]1CN(c2noc(-c3ccccc3)n2)CCO1. The number of rotatable bonds is 2. The van der Waals surface area contributed by atoms with E-state index in [-0.39, 0.29) is 25.0 Å². The van der Waals surface area contributed by atoms with Gasteiger partial charge in [-0.2, -0.15) is 18.2 Å². The van der Waals surface area contributed by atoms with Crippen molar-refractivity contribution >= 4 is 5.95 Å². The molecule has 2 aromatic rings. The summed E-state index contributed by atoms with van der Waals surface area (Å²) in [5.41, 5.74) is 0.719. The second-order valence-corrected chi connectivity index (χ2v) is 4.61. The van der Waals surface area contributed by atoms with Gasteiger partial charge in [-0.05, 0) is 17.3 Å². The van der Waals surface area contributed by atoms with Gasteiger partial charge in [0.15, 0.2) is 6.10 Å². The molecule has 5 nitrogen and oxygen atoms in total. The van der Waals surface area contributed by atoms with Crippen LogP contribution in [0, 0.1) is 0 Å². The fraction of sp³-hybridized carbons (Fsp3) is 0.385. The van der Waals surface area contributed by atoms with Gasteiger partial charge >= 0.3 is 6.18 Å². The molecule has 2 heterocycles. The van der Waals surface area contributed by atoms with Crippen molar-refractivity contribution in [3.8, 4) is 11.5 Å². The van der Waals surface area contributed by atoms with Gasteiger partial charge in [-0.15, -0.1) is 0 Å². The Labute approximate surface area is 118 Å². The Kier molecular flexibility index (Phi) is 3.54. The van der Waals surface area contributed by atoms with Gasteiger partial charge in [0.2, 0.25) is 0 Å². The Morgan fingerprint density at radius 2 is 1.95 bits per heavy atom. The number of alkyl halides is 3. The highest BCUT2D eigenvalue weighted by atomic mass is 19.4. The summed E-state index contributed by atoms with van der Waals surface area (Å²) >= 11 is 0. The average Bonchev–Trinajstić information content (AvgIpc) is 2.97. The van der Waals surface area contributed by atoms with E-state index in [1.54, 1.807) is 12.1 Å². The maximum atomic E-state index is 12.7. The lowest BCUT2D eigenvalue weighted by Crippen LogP contribution is -2.49. The van der Waals surface area contributed by atoms with Crippen molar-refractivity contribution in [3.05, 3.63) is 30.3 Å². The van der Waals surface area contributed by atoms with Crippen molar-refractivity contribution in [2.45, 2.75) is 12.3 Å². The van der Waals surface area contributed by atoms with Crippen molar-refractivity contribution in [3.63, 3.8) is 0 Å². The van der Waals surface area contributed by atoms with Gasteiger partial charge in [0.25, 0.3) is 11.8 Å². The summed E-state index contributed by atoms with van der Waals surface area (Å²) in [5, 5.41) is 3.75. The summed E-state index contributed by atoms with van der Waals surface area (Å²) in [6.45, 7) is -0.0724. The van der Waals surface area contributed by atoms with Crippen LogP contribution in [0.25, 0.3) is 11.5 Å². The zero-order valence-corrected chi connectivity index (χ0v) is 10.9. The molecule has 0 saturated carbocycles. The van der Waals surface area contributed by atoms with Crippen LogP contribution < -0.4 is 4.90 Å². The monoisotopic (exact) mass is 299 g/mol. The molecule has 1 aliphatic heterocycles. The Bertz CT molecular complexity index is 600. The molecule has 0 bridgehead atoms. The lowest BCUT2D eigenvalue weighted by atomic mass is 10.2. The van der Waals surface area contributed by atoms with E-state index in [0.29, 0.717) is 6.54 Å². The van der Waals surface area contributed by atoms with Gasteiger partial charge in [0.1, 0.15) is 0 Å². The quantitative estimate of drug-likeness (QED) is 0.853. The fourth-order valence-electron chi connectivity index (χ4n) is 2.07. The summed E-state index contributed by atoms with van der Waals surface area (Å²) in [7, 11) is 0. The molecule has 0 unspecified atom stereocenters. The lowest BCUT2D eigenvalue weighted by molar-refractivity contribution is -0.221. The van der Waals surface area contributed by atoms with Crippen molar-refractivity contribution < 1.29 is 22.4 Å². The number of hydrogen-bond acceptors (Lipinski definition) is 5. The van der Waals surface area contributed by atoms with Gasteiger partial charge in [-0.25, -0.2) is 0 Å². The smallest absolute Gasteiger partial charge is 0.365 e. The molecule has 0 spiro atoms. The topological polar surface area (TPSA) is 51.4 Å². The van der Waals surface area contributed by atoms with Gasteiger partial charge in [-0.3, -0.25) is 0 Å². The average molecular weight is 299 g/mol. The minimum atomic E-state index is -4.40. The number of morpholine rings is 1. The molecular weight excluding hydrogens is 287 g/mol. The Morgan fingerprint density at radius 1 is 1.19 bits per heavy atom. The van der Waals surface area contributed by atoms with Crippen LogP contribution in [0.15, 0.2) is 34.9 Å². The van der Waals surface area contributed by atoms with E-state index in [1.165, 1.54) is 4.90 Å². The Morgan fingerprint density at radius 3 is 2.67 bits per heavy atom. The van der Waals surface area contributed by atoms with Crippen LogP contribution >= 0.6 is 0 Å². The third-order valence-electron chi connectivity index (χ3n) is 3.15. The second kappa shape index (κ2) is 5.36. The highest BCUT2D eigenvalue weighted by molar-refractivity contribution is 5.54. The molecule has 1 atom stereocenters. The van der Waals surface area contributed by atoms with E-state index >= 15 is 0 Å². The predicted octanol–water partition coefficient (Wildman–Crippen LogP) is 2.50. The van der Waals surface area contributed by atoms with Crippen LogP contribution in [-0.4, -0.2) is 42.1 Å². The predicted molar refractivity (Wildman–Crippen MR) is 67.7 cm³/mol. The third-order valence-corrected chi connectivity index (χ3v) is 3.15. The van der Waals surface area contributed by atoms with Crippen LogP contribution in [0.2, 0.25) is 0 Å². The van der Waals surface area contributed by atoms with Crippen LogP contribution in [0.5, 0.6) is 0 Å². The van der Waals surface area contributed by atoms with E-state index in [4.69, 9.17) is 9.26 Å². The maximum absolute atomic E-state index is 12.7. The van der Waals surface area contributed by atoms with E-state index in [0.717, 1.165) is 5.56 Å². The van der Waals surface area contributed by atoms with Gasteiger partial charge < -0.3 is 14.2 Å². The lowest BCUT2D eigenvalue weighted by Gasteiger charge is -2.32. The first-order chi connectivity index (χ1) is 10.0. The van der Waals surface area contributed by atoms with E-state index in [9.17, 15) is 13.2 Å². The van der Waals surface area contributed by atoms with Crippen molar-refractivity contribution in [2.75, 3.05) is 24.6 Å². The van der Waals surface area contributed by atoms with Crippen molar-refractivity contribution in [1.29, 1.82) is 0 Å². The van der Waals surface area contributed by atoms with E-state index in [1.807, 2.05) is 18.2 Å². The number of halogens is 3. The molecule has 1 aromatic heterocycles. The summed E-state index contributed by atoms with van der Waals surface area (Å²) in [6.07, 6.45) is -6.23. The van der Waals surface area contributed by atoms with Gasteiger partial charge in [0.05, 0.1) is 13.2 Å². The number of anilines is 1. The molecule has 1 aliphatic rings. The van der Waals surface area contributed by atoms with Crippen LogP contribution in [0.1, 0.15) is 0 Å². The maximum Gasteiger partial charge on any atom is 0.416 e. The molecule has 1 saturated heterocycles. The van der Waals surface area contributed by atoms with E-state index in [2.05, 4.69) is 10.1 Å². The summed E-state index contributed by atoms with van der Waals surface area (Å²) in [5.74, 6) is 0.423. The first kappa shape index (κ1) is 13.9. The number of aromatic nitrogens is 2. The largest absolute Gasteiger partial charge is 0.416 e. The molecule has 3 rings (SSSR count). The molecular formula is C13H12F3N3O2. The highest BCUT2D eigenvalue weighted by Crippen LogP contribution is 2.28. The zero-order valence-electron chi connectivity index (χ0n) is 10.9. The minimum Gasteiger partial charge on any atom is -0.365 e. The molecule has 0 aliphatic carbocycles. The van der Waals surface area contributed by atoms with Crippen molar-refractivity contribution in [2.24, 2.45) is 0 Å². The molecule has 1 aromatic carbocycles. The highest BCUT2D eigenvalue weighted by Gasteiger charge is 2.44. The molecule has 0 radical (unpaired) electrons. The van der Waals surface area contributed by atoms with Crippen LogP contribution in [0.4, 0.5) is 19.1 Å². The Hall–Kier alpha value is -2.09. The summed E-state index contributed by atoms with van der Waals surface area (Å²) in [6, 6.07) is 9.04. The van der Waals surface area contributed by atoms with Crippen LogP contribution in [0.3, 0.4) is 0 Å². The van der Waals surface area contributed by atoms with Gasteiger partial charge in [0, 0.05) is 12.1 Å². The Balaban J connectivity index is 1.77. The molecule has 8 heteroatoms. The minimum absolute atomic E-state index is 0.0284. The first-order valence-electron chi connectivity index (χ1n) is 6.36. The standard InChI is InChI=1S/C13H12F3N3O2/c14-13(15,16)10-8-19(6-7-20-10)12-17-11(21-18-12)9-4-2-1-3-5-9/h1-5,10H,6-8H2/t10-/m0/s1. The number of ether oxygens (including phenoxy) is 1. The van der Waals surface area contributed by atoms with Crippen LogP contribution in [-0.2, 0) is 4.74 Å². The third kappa shape index (κ3) is 2.99. The number of hydrogen-bond donors (Lipinski definition) is 0. The fourth-order valence-corrected chi connectivity index (χ4v) is 2.07. The van der Waals surface area contributed by atoms with E-state index < -0.39 is 12.3 Å².